The number of carbonyl (C=O) groups is 1. The molecule has 1 saturated heterocycles. The number of nitrogens with zero attached hydrogens (tertiary/aromatic N) is 2. The van der Waals surface area contributed by atoms with Gasteiger partial charge in [0, 0.05) is 22.7 Å². The average molecular weight is 375 g/mol. The Balaban J connectivity index is 1.74. The summed E-state index contributed by atoms with van der Waals surface area (Å²) in [7, 11) is 0. The summed E-state index contributed by atoms with van der Waals surface area (Å²) in [6, 6.07) is 13.7. The smallest absolute Gasteiger partial charge is 0.411 e. The minimum Gasteiger partial charge on any atom is -0.439 e. The van der Waals surface area contributed by atoms with Crippen LogP contribution in [-0.2, 0) is 11.2 Å². The van der Waals surface area contributed by atoms with E-state index in [0.717, 1.165) is 11.1 Å². The molecule has 1 amide bonds. The summed E-state index contributed by atoms with van der Waals surface area (Å²) in [6.07, 6.45) is -0.179. The molecule has 26 heavy (non-hydrogen) atoms. The van der Waals surface area contributed by atoms with Crippen molar-refractivity contribution < 1.29 is 14.5 Å². The van der Waals surface area contributed by atoms with Crippen molar-refractivity contribution in [1.29, 1.82) is 0 Å². The predicted molar refractivity (Wildman–Crippen MR) is 98.3 cm³/mol. The summed E-state index contributed by atoms with van der Waals surface area (Å²) in [5, 5.41) is 11.4. The van der Waals surface area contributed by atoms with Crippen LogP contribution in [-0.4, -0.2) is 28.0 Å². The van der Waals surface area contributed by atoms with Gasteiger partial charge in [0.1, 0.15) is 6.10 Å². The zero-order valence-electron chi connectivity index (χ0n) is 14.5. The summed E-state index contributed by atoms with van der Waals surface area (Å²) in [4.78, 5) is 24.4. The minimum absolute atomic E-state index is 0.0492. The summed E-state index contributed by atoms with van der Waals surface area (Å²) >= 11 is 6.03. The number of rotatable bonds is 5. The van der Waals surface area contributed by atoms with Gasteiger partial charge in [0.2, 0.25) is 0 Å². The molecule has 3 rings (SSSR count). The van der Waals surface area contributed by atoms with Gasteiger partial charge in [-0.2, -0.15) is 0 Å². The fourth-order valence-electron chi connectivity index (χ4n) is 3.17. The van der Waals surface area contributed by atoms with Crippen LogP contribution in [0.4, 0.5) is 10.5 Å². The van der Waals surface area contributed by atoms with Gasteiger partial charge in [0.05, 0.1) is 11.5 Å². The second-order valence-corrected chi connectivity index (χ2v) is 7.39. The second-order valence-electron chi connectivity index (χ2n) is 6.95. The van der Waals surface area contributed by atoms with Gasteiger partial charge >= 0.3 is 6.09 Å². The average Bonchev–Trinajstić information content (AvgIpc) is 2.98. The Morgan fingerprint density at radius 2 is 1.96 bits per heavy atom. The molecule has 0 aliphatic carbocycles. The molecule has 2 aromatic rings. The number of benzene rings is 2. The number of cyclic esters (lactones) is 1. The number of hydrogen-bond donors (Lipinski definition) is 0. The third-order valence-corrected chi connectivity index (χ3v) is 4.78. The van der Waals surface area contributed by atoms with Crippen LogP contribution in [0.25, 0.3) is 0 Å². The number of amides is 1. The maximum atomic E-state index is 12.4. The number of hydrogen-bond acceptors (Lipinski definition) is 4. The first-order valence-corrected chi connectivity index (χ1v) is 8.61. The van der Waals surface area contributed by atoms with E-state index in [2.05, 4.69) is 0 Å². The highest BCUT2D eigenvalue weighted by Gasteiger charge is 2.41. The molecule has 1 aliphatic heterocycles. The van der Waals surface area contributed by atoms with Crippen LogP contribution in [0.3, 0.4) is 0 Å². The molecule has 1 fully saturated rings. The Bertz CT molecular complexity index is 836. The molecule has 7 heteroatoms. The Labute approximate surface area is 156 Å². The van der Waals surface area contributed by atoms with Crippen LogP contribution in [0.2, 0.25) is 5.02 Å². The van der Waals surface area contributed by atoms with Gasteiger partial charge in [-0.25, -0.2) is 4.79 Å². The fourth-order valence-corrected chi connectivity index (χ4v) is 3.37. The van der Waals surface area contributed by atoms with E-state index in [1.807, 2.05) is 26.0 Å². The van der Waals surface area contributed by atoms with Crippen LogP contribution in [0, 0.1) is 10.1 Å². The summed E-state index contributed by atoms with van der Waals surface area (Å²) in [5.41, 5.74) is 1.33. The zero-order valence-corrected chi connectivity index (χ0v) is 15.3. The molecule has 0 radical (unpaired) electrons. The van der Waals surface area contributed by atoms with Crippen molar-refractivity contribution in [3.63, 3.8) is 0 Å². The lowest BCUT2D eigenvalue weighted by Gasteiger charge is -2.33. The van der Waals surface area contributed by atoms with E-state index >= 15 is 0 Å². The van der Waals surface area contributed by atoms with Crippen molar-refractivity contribution in [2.75, 3.05) is 6.54 Å². The predicted octanol–water partition coefficient (Wildman–Crippen LogP) is 4.76. The lowest BCUT2D eigenvalue weighted by Crippen LogP contribution is -2.46. The summed E-state index contributed by atoms with van der Waals surface area (Å²) in [5.74, 6) is 0. The molecule has 136 valence electrons. The van der Waals surface area contributed by atoms with Gasteiger partial charge in [-0.3, -0.25) is 15.0 Å². The molecule has 1 unspecified atom stereocenters. The maximum Gasteiger partial charge on any atom is 0.411 e. The molecule has 0 saturated carbocycles. The SMILES string of the molecule is CC(C)(Cc1ccc([N+](=O)[O-])cc1)N1CC(c2cccc(Cl)c2)OC1=O. The molecule has 1 aliphatic rings. The Morgan fingerprint density at radius 3 is 2.58 bits per heavy atom. The molecule has 0 bridgehead atoms. The third kappa shape index (κ3) is 3.80. The Morgan fingerprint density at radius 1 is 1.27 bits per heavy atom. The zero-order chi connectivity index (χ0) is 18.9. The standard InChI is InChI=1S/C19H19ClN2O4/c1-19(2,11-13-6-8-16(9-7-13)22(24)25)21-12-17(26-18(21)23)14-4-3-5-15(20)10-14/h3-10,17H,11-12H2,1-2H3. The third-order valence-electron chi connectivity index (χ3n) is 4.55. The van der Waals surface area contributed by atoms with Gasteiger partial charge in [-0.1, -0.05) is 35.9 Å². The van der Waals surface area contributed by atoms with Crippen molar-refractivity contribution in [1.82, 2.24) is 4.90 Å². The molecule has 1 heterocycles. The largest absolute Gasteiger partial charge is 0.439 e. The van der Waals surface area contributed by atoms with Crippen molar-refractivity contribution in [3.05, 3.63) is 74.8 Å². The van der Waals surface area contributed by atoms with Crippen LogP contribution < -0.4 is 0 Å². The monoisotopic (exact) mass is 374 g/mol. The molecule has 0 aromatic heterocycles. The van der Waals surface area contributed by atoms with Crippen molar-refractivity contribution in [3.8, 4) is 0 Å². The highest BCUT2D eigenvalue weighted by molar-refractivity contribution is 6.30. The van der Waals surface area contributed by atoms with Gasteiger partial charge in [0.15, 0.2) is 0 Å². The van der Waals surface area contributed by atoms with E-state index in [0.29, 0.717) is 18.0 Å². The summed E-state index contributed by atoms with van der Waals surface area (Å²) in [6.45, 7) is 4.34. The molecule has 0 spiro atoms. The first-order valence-electron chi connectivity index (χ1n) is 8.23. The van der Waals surface area contributed by atoms with Crippen LogP contribution >= 0.6 is 11.6 Å². The van der Waals surface area contributed by atoms with Crippen molar-refractivity contribution in [2.45, 2.75) is 31.9 Å². The Kier molecular flexibility index (Phi) is 4.87. The number of carbonyl (C=O) groups excluding carboxylic acids is 1. The number of non-ortho nitro benzene ring substituents is 1. The number of nitro groups is 1. The van der Waals surface area contributed by atoms with Gasteiger partial charge in [0.25, 0.3) is 5.69 Å². The lowest BCUT2D eigenvalue weighted by molar-refractivity contribution is -0.384. The normalized spacial score (nSPS) is 17.3. The molecule has 1 atom stereocenters. The topological polar surface area (TPSA) is 72.7 Å². The van der Waals surface area contributed by atoms with E-state index in [4.69, 9.17) is 16.3 Å². The first kappa shape index (κ1) is 18.2. The van der Waals surface area contributed by atoms with Crippen LogP contribution in [0.1, 0.15) is 31.1 Å². The number of ether oxygens (including phenoxy) is 1. The number of halogens is 1. The fraction of sp³-hybridized carbons (Fsp3) is 0.316. The maximum absolute atomic E-state index is 12.4. The van der Waals surface area contributed by atoms with E-state index < -0.39 is 10.5 Å². The molecular formula is C19H19ClN2O4. The van der Waals surface area contributed by atoms with Gasteiger partial charge < -0.3 is 4.74 Å². The molecular weight excluding hydrogens is 356 g/mol. The first-order chi connectivity index (χ1) is 12.3. The lowest BCUT2D eigenvalue weighted by atomic mass is 9.92. The summed E-state index contributed by atoms with van der Waals surface area (Å²) < 4.78 is 5.53. The van der Waals surface area contributed by atoms with Gasteiger partial charge in [-0.05, 0) is 43.5 Å². The van der Waals surface area contributed by atoms with E-state index in [9.17, 15) is 14.9 Å². The number of nitro benzene ring substituents is 1. The van der Waals surface area contributed by atoms with E-state index in [1.54, 1.807) is 29.2 Å². The highest BCUT2D eigenvalue weighted by Crippen LogP contribution is 2.33. The quantitative estimate of drug-likeness (QED) is 0.558. The van der Waals surface area contributed by atoms with E-state index in [-0.39, 0.29) is 17.9 Å². The van der Waals surface area contributed by atoms with Crippen molar-refractivity contribution >= 4 is 23.4 Å². The second kappa shape index (κ2) is 6.96. The van der Waals surface area contributed by atoms with Crippen molar-refractivity contribution in [2.24, 2.45) is 0 Å². The minimum atomic E-state index is -0.499. The van der Waals surface area contributed by atoms with Crippen LogP contribution in [0.15, 0.2) is 48.5 Å². The van der Waals surface area contributed by atoms with E-state index in [1.165, 1.54) is 12.1 Å². The molecule has 0 N–H and O–H groups in total. The highest BCUT2D eigenvalue weighted by atomic mass is 35.5. The van der Waals surface area contributed by atoms with Gasteiger partial charge in [-0.15, -0.1) is 0 Å². The molecule has 2 aromatic carbocycles. The molecule has 6 nitrogen and oxygen atoms in total. The van der Waals surface area contributed by atoms with Crippen LogP contribution in [0.5, 0.6) is 0 Å². The Hall–Kier alpha value is -2.60.